The van der Waals surface area contributed by atoms with Gasteiger partial charge >= 0.3 is 0 Å². The second-order valence-corrected chi connectivity index (χ2v) is 7.92. The topological polar surface area (TPSA) is 34.4 Å². The van der Waals surface area contributed by atoms with Crippen LogP contribution >= 0.6 is 23.1 Å². The van der Waals surface area contributed by atoms with E-state index in [-0.39, 0.29) is 5.25 Å². The highest BCUT2D eigenvalue weighted by Crippen LogP contribution is 2.38. The smallest absolute Gasteiger partial charge is 0.195 e. The Kier molecular flexibility index (Phi) is 4.23. The maximum atomic E-state index is 12.4. The third-order valence-electron chi connectivity index (χ3n) is 4.27. The summed E-state index contributed by atoms with van der Waals surface area (Å²) in [6.07, 6.45) is 7.13. The number of nitrogens with zero attached hydrogens (tertiary/aromatic N) is 2. The number of fused-ring (bicyclic) bond motifs is 1. The molecule has 0 bridgehead atoms. The van der Waals surface area contributed by atoms with Gasteiger partial charge in [0.15, 0.2) is 4.96 Å². The number of Topliss-reactive ketones (excluding diaryl/α,β-unsaturated/α-hetero) is 1. The molecule has 0 aliphatic heterocycles. The van der Waals surface area contributed by atoms with Crippen LogP contribution in [0.25, 0.3) is 16.2 Å². The van der Waals surface area contributed by atoms with Crippen molar-refractivity contribution in [1.82, 2.24) is 9.38 Å². The Morgan fingerprint density at radius 3 is 2.91 bits per heavy atom. The summed E-state index contributed by atoms with van der Waals surface area (Å²) in [6, 6.07) is 10.3. The minimum Gasteiger partial charge on any atom is -0.298 e. The summed E-state index contributed by atoms with van der Waals surface area (Å²) in [5.41, 5.74) is 2.12. The molecule has 118 valence electrons. The van der Waals surface area contributed by atoms with Crippen molar-refractivity contribution >= 4 is 33.8 Å². The van der Waals surface area contributed by atoms with Crippen molar-refractivity contribution in [3.8, 4) is 11.3 Å². The van der Waals surface area contributed by atoms with Gasteiger partial charge in [0.1, 0.15) is 16.5 Å². The summed E-state index contributed by atoms with van der Waals surface area (Å²) in [5.74, 6) is 0.400. The first-order valence-electron chi connectivity index (χ1n) is 8.03. The number of thioether (sulfide) groups is 1. The van der Waals surface area contributed by atoms with Gasteiger partial charge in [0, 0.05) is 23.6 Å². The van der Waals surface area contributed by atoms with Crippen LogP contribution in [0.15, 0.2) is 46.9 Å². The maximum absolute atomic E-state index is 12.4. The number of hydrogen-bond donors (Lipinski definition) is 0. The summed E-state index contributed by atoms with van der Waals surface area (Å²) in [6.45, 7) is 0. The largest absolute Gasteiger partial charge is 0.298 e. The molecule has 0 unspecified atom stereocenters. The van der Waals surface area contributed by atoms with Crippen molar-refractivity contribution in [2.45, 2.75) is 42.4 Å². The average Bonchev–Trinajstić information content (AvgIpc) is 3.10. The van der Waals surface area contributed by atoms with Gasteiger partial charge in [-0.25, -0.2) is 4.98 Å². The number of ketones is 1. The molecule has 1 aliphatic rings. The van der Waals surface area contributed by atoms with E-state index in [0.29, 0.717) is 5.78 Å². The third-order valence-corrected chi connectivity index (χ3v) is 6.42. The number of hydrogen-bond acceptors (Lipinski definition) is 4. The fourth-order valence-electron chi connectivity index (χ4n) is 3.05. The molecule has 1 fully saturated rings. The van der Waals surface area contributed by atoms with Crippen LogP contribution in [0.5, 0.6) is 0 Å². The zero-order valence-corrected chi connectivity index (χ0v) is 14.4. The van der Waals surface area contributed by atoms with E-state index in [1.807, 2.05) is 18.2 Å². The molecular weight excluding hydrogens is 324 g/mol. The molecule has 0 N–H and O–H groups in total. The predicted octanol–water partition coefficient (Wildman–Crippen LogP) is 5.06. The number of rotatable bonds is 3. The van der Waals surface area contributed by atoms with Crippen LogP contribution < -0.4 is 0 Å². The summed E-state index contributed by atoms with van der Waals surface area (Å²) in [4.78, 5) is 18.2. The number of carbonyl (C=O) groups is 1. The number of imidazole rings is 1. The van der Waals surface area contributed by atoms with Crippen molar-refractivity contribution in [1.29, 1.82) is 0 Å². The monoisotopic (exact) mass is 342 g/mol. The minimum atomic E-state index is 0.0692. The molecule has 0 radical (unpaired) electrons. The Balaban J connectivity index is 1.75. The quantitative estimate of drug-likeness (QED) is 0.624. The standard InChI is InChI=1S/C18H18N2OS2/c21-14-9-5-2-6-10-15(14)23-17-16(13-7-3-1-4-8-13)19-18-20(17)11-12-22-18/h1,3-4,7-8,11-12,15H,2,5-6,9-10H2/t15-/m0/s1. The number of carbonyl (C=O) groups excluding carboxylic acids is 1. The van der Waals surface area contributed by atoms with E-state index in [1.165, 1.54) is 6.42 Å². The fraction of sp³-hybridized carbons (Fsp3) is 0.333. The van der Waals surface area contributed by atoms with Crippen molar-refractivity contribution in [2.24, 2.45) is 0 Å². The molecule has 1 atom stereocenters. The molecule has 1 saturated carbocycles. The molecule has 4 rings (SSSR count). The van der Waals surface area contributed by atoms with E-state index in [0.717, 1.165) is 46.9 Å². The molecule has 1 aromatic carbocycles. The van der Waals surface area contributed by atoms with Gasteiger partial charge in [-0.05, 0) is 12.8 Å². The van der Waals surface area contributed by atoms with Crippen LogP contribution in [0.1, 0.15) is 32.1 Å². The van der Waals surface area contributed by atoms with Gasteiger partial charge in [-0.2, -0.15) is 0 Å². The lowest BCUT2D eigenvalue weighted by atomic mass is 10.2. The van der Waals surface area contributed by atoms with Gasteiger partial charge < -0.3 is 0 Å². The van der Waals surface area contributed by atoms with Gasteiger partial charge in [-0.15, -0.1) is 11.3 Å². The van der Waals surface area contributed by atoms with E-state index in [4.69, 9.17) is 4.98 Å². The van der Waals surface area contributed by atoms with E-state index in [2.05, 4.69) is 28.1 Å². The summed E-state index contributed by atoms with van der Waals surface area (Å²) >= 11 is 3.34. The normalized spacial score (nSPS) is 19.1. The van der Waals surface area contributed by atoms with E-state index >= 15 is 0 Å². The molecule has 23 heavy (non-hydrogen) atoms. The molecular formula is C18H18N2OS2. The third kappa shape index (κ3) is 2.95. The number of aromatic nitrogens is 2. The van der Waals surface area contributed by atoms with Crippen LogP contribution in [0.2, 0.25) is 0 Å². The lowest BCUT2D eigenvalue weighted by molar-refractivity contribution is -0.118. The van der Waals surface area contributed by atoms with Gasteiger partial charge in [0.05, 0.1) is 5.25 Å². The van der Waals surface area contributed by atoms with Crippen molar-refractivity contribution in [3.63, 3.8) is 0 Å². The Morgan fingerprint density at radius 1 is 1.17 bits per heavy atom. The zero-order chi connectivity index (χ0) is 15.6. The Labute approximate surface area is 143 Å². The van der Waals surface area contributed by atoms with Crippen molar-refractivity contribution in [2.75, 3.05) is 0 Å². The van der Waals surface area contributed by atoms with E-state index in [9.17, 15) is 4.79 Å². The van der Waals surface area contributed by atoms with Crippen LogP contribution in [-0.4, -0.2) is 20.4 Å². The van der Waals surface area contributed by atoms with Gasteiger partial charge in [0.25, 0.3) is 0 Å². The second-order valence-electron chi connectivity index (χ2n) is 5.86. The Bertz CT molecular complexity index is 822. The highest BCUT2D eigenvalue weighted by molar-refractivity contribution is 8.00. The maximum Gasteiger partial charge on any atom is 0.195 e. The van der Waals surface area contributed by atoms with Crippen molar-refractivity contribution in [3.05, 3.63) is 41.9 Å². The first-order chi connectivity index (χ1) is 11.3. The molecule has 2 heterocycles. The van der Waals surface area contributed by atoms with Gasteiger partial charge in [-0.3, -0.25) is 9.20 Å². The molecule has 0 amide bonds. The lowest BCUT2D eigenvalue weighted by Crippen LogP contribution is -2.15. The summed E-state index contributed by atoms with van der Waals surface area (Å²) in [5, 5.41) is 3.23. The molecule has 0 spiro atoms. The van der Waals surface area contributed by atoms with Crippen LogP contribution in [0.4, 0.5) is 0 Å². The molecule has 2 aromatic heterocycles. The SMILES string of the molecule is O=C1CCCCC[C@@H]1Sc1c(-c2ccccc2)nc2sccn12. The first kappa shape index (κ1) is 15.0. The summed E-state index contributed by atoms with van der Waals surface area (Å²) < 4.78 is 2.13. The molecule has 3 nitrogen and oxygen atoms in total. The van der Waals surface area contributed by atoms with Crippen LogP contribution in [-0.2, 0) is 4.79 Å². The van der Waals surface area contributed by atoms with Gasteiger partial charge in [0.2, 0.25) is 0 Å². The molecule has 5 heteroatoms. The van der Waals surface area contributed by atoms with Crippen LogP contribution in [0.3, 0.4) is 0 Å². The highest BCUT2D eigenvalue weighted by atomic mass is 32.2. The highest BCUT2D eigenvalue weighted by Gasteiger charge is 2.25. The summed E-state index contributed by atoms with van der Waals surface area (Å²) in [7, 11) is 0. The van der Waals surface area contributed by atoms with Gasteiger partial charge in [-0.1, -0.05) is 54.9 Å². The average molecular weight is 342 g/mol. The Hall–Kier alpha value is -1.59. The first-order valence-corrected chi connectivity index (χ1v) is 9.79. The number of thiazole rings is 1. The van der Waals surface area contributed by atoms with Crippen molar-refractivity contribution < 1.29 is 4.79 Å². The molecule has 3 aromatic rings. The minimum absolute atomic E-state index is 0.0692. The predicted molar refractivity (Wildman–Crippen MR) is 96.2 cm³/mol. The zero-order valence-electron chi connectivity index (χ0n) is 12.8. The van der Waals surface area contributed by atoms with E-state index in [1.54, 1.807) is 23.1 Å². The van der Waals surface area contributed by atoms with Crippen LogP contribution in [0, 0.1) is 0 Å². The Morgan fingerprint density at radius 2 is 2.04 bits per heavy atom. The molecule has 1 aliphatic carbocycles. The molecule has 0 saturated heterocycles. The fourth-order valence-corrected chi connectivity index (χ4v) is 5.16. The second kappa shape index (κ2) is 6.49. The lowest BCUT2D eigenvalue weighted by Gasteiger charge is -2.13. The number of benzene rings is 1. The van der Waals surface area contributed by atoms with E-state index < -0.39 is 0 Å².